The number of alkyl halides is 6. The van der Waals surface area contributed by atoms with Gasteiger partial charge >= 0.3 is 12.4 Å². The van der Waals surface area contributed by atoms with Crippen molar-refractivity contribution in [3.63, 3.8) is 0 Å². The van der Waals surface area contributed by atoms with Crippen molar-refractivity contribution in [1.29, 1.82) is 0 Å². The van der Waals surface area contributed by atoms with Crippen LogP contribution in [-0.4, -0.2) is 13.2 Å². The van der Waals surface area contributed by atoms with E-state index in [9.17, 15) is 30.7 Å². The van der Waals surface area contributed by atoms with E-state index in [1.165, 1.54) is 0 Å². The van der Waals surface area contributed by atoms with Crippen LogP contribution in [0.2, 0.25) is 0 Å². The van der Waals surface area contributed by atoms with Crippen molar-refractivity contribution in [2.45, 2.75) is 18.4 Å². The molecule has 1 aromatic carbocycles. The summed E-state index contributed by atoms with van der Waals surface area (Å²) in [6, 6.07) is -1.09. The first-order valence-electron chi connectivity index (χ1n) is 4.68. The average molecular weight is 275 g/mol. The highest BCUT2D eigenvalue weighted by Crippen LogP contribution is 2.37. The number of benzene rings is 1. The molecular formula is C10H8F7N. The molecule has 1 nitrogen and oxygen atoms in total. The molecule has 1 rings (SSSR count). The molecule has 0 bridgehead atoms. The van der Waals surface area contributed by atoms with Crippen LogP contribution < -0.4 is 5.32 Å². The monoisotopic (exact) mass is 275 g/mol. The maximum Gasteiger partial charge on any atom is 0.419 e. The van der Waals surface area contributed by atoms with Crippen molar-refractivity contribution >= 4 is 0 Å². The van der Waals surface area contributed by atoms with Crippen LogP contribution in [0.4, 0.5) is 30.7 Å². The first-order chi connectivity index (χ1) is 8.07. The molecule has 0 heterocycles. The van der Waals surface area contributed by atoms with E-state index >= 15 is 0 Å². The molecule has 1 N–H and O–H groups in total. The Morgan fingerprint density at radius 3 is 2.00 bits per heavy atom. The minimum atomic E-state index is -5.04. The number of hydrogen-bond donors (Lipinski definition) is 1. The third-order valence-corrected chi connectivity index (χ3v) is 2.25. The van der Waals surface area contributed by atoms with E-state index in [1.807, 2.05) is 5.32 Å². The van der Waals surface area contributed by atoms with Gasteiger partial charge in [-0.1, -0.05) is 6.07 Å². The van der Waals surface area contributed by atoms with Gasteiger partial charge in [0.2, 0.25) is 0 Å². The molecule has 0 aromatic heterocycles. The minimum Gasteiger partial charge on any atom is -0.306 e. The van der Waals surface area contributed by atoms with Gasteiger partial charge in [0.05, 0.1) is 5.56 Å². The van der Waals surface area contributed by atoms with Gasteiger partial charge in [0.1, 0.15) is 11.9 Å². The van der Waals surface area contributed by atoms with E-state index in [2.05, 4.69) is 0 Å². The molecule has 0 radical (unpaired) electrons. The van der Waals surface area contributed by atoms with Crippen LogP contribution in [0, 0.1) is 5.82 Å². The van der Waals surface area contributed by atoms with Crippen molar-refractivity contribution < 1.29 is 30.7 Å². The van der Waals surface area contributed by atoms with E-state index in [4.69, 9.17) is 0 Å². The Morgan fingerprint density at radius 2 is 1.61 bits per heavy atom. The summed E-state index contributed by atoms with van der Waals surface area (Å²) in [6.45, 7) is 0. The summed E-state index contributed by atoms with van der Waals surface area (Å²) in [6.07, 6.45) is -9.81. The van der Waals surface area contributed by atoms with Gasteiger partial charge in [-0.25, -0.2) is 4.39 Å². The Kier molecular flexibility index (Phi) is 3.89. The molecule has 0 amide bonds. The Labute approximate surface area is 97.6 Å². The SMILES string of the molecule is CNC(c1ccc(F)c(C(F)(F)F)c1)C(F)(F)F. The quantitative estimate of drug-likeness (QED) is 0.812. The smallest absolute Gasteiger partial charge is 0.306 e. The second-order valence-corrected chi connectivity index (χ2v) is 3.50. The lowest BCUT2D eigenvalue weighted by Gasteiger charge is -2.21. The van der Waals surface area contributed by atoms with Gasteiger partial charge in [0, 0.05) is 0 Å². The molecule has 18 heavy (non-hydrogen) atoms. The fraction of sp³-hybridized carbons (Fsp3) is 0.400. The van der Waals surface area contributed by atoms with E-state index in [1.54, 1.807) is 0 Å². The largest absolute Gasteiger partial charge is 0.419 e. The second-order valence-electron chi connectivity index (χ2n) is 3.50. The third-order valence-electron chi connectivity index (χ3n) is 2.25. The maximum atomic E-state index is 12.9. The van der Waals surface area contributed by atoms with Crippen molar-refractivity contribution in [3.8, 4) is 0 Å². The van der Waals surface area contributed by atoms with Gasteiger partial charge in [0.25, 0.3) is 0 Å². The molecule has 0 saturated carbocycles. The molecule has 0 aliphatic carbocycles. The van der Waals surface area contributed by atoms with Crippen LogP contribution >= 0.6 is 0 Å². The molecular weight excluding hydrogens is 267 g/mol. The van der Waals surface area contributed by atoms with Gasteiger partial charge in [-0.15, -0.1) is 0 Å². The fourth-order valence-corrected chi connectivity index (χ4v) is 1.46. The number of rotatable bonds is 2. The van der Waals surface area contributed by atoms with Crippen molar-refractivity contribution in [1.82, 2.24) is 5.32 Å². The van der Waals surface area contributed by atoms with E-state index in [0.717, 1.165) is 7.05 Å². The van der Waals surface area contributed by atoms with Crippen molar-refractivity contribution in [2.24, 2.45) is 0 Å². The number of hydrogen-bond acceptors (Lipinski definition) is 1. The summed E-state index contributed by atoms with van der Waals surface area (Å²) >= 11 is 0. The standard InChI is InChI=1S/C10H8F7N/c1-18-8(10(15,16)17)5-2-3-7(11)6(4-5)9(12,13)14/h2-4,8,18H,1H3. The van der Waals surface area contributed by atoms with E-state index < -0.39 is 35.3 Å². The summed E-state index contributed by atoms with van der Waals surface area (Å²) in [5.74, 6) is -1.61. The van der Waals surface area contributed by atoms with Crippen LogP contribution in [-0.2, 0) is 6.18 Å². The molecule has 0 spiro atoms. The van der Waals surface area contributed by atoms with Gasteiger partial charge in [0.15, 0.2) is 0 Å². The van der Waals surface area contributed by atoms with E-state index in [-0.39, 0.29) is 6.07 Å². The van der Waals surface area contributed by atoms with Crippen LogP contribution in [0.15, 0.2) is 18.2 Å². The first-order valence-corrected chi connectivity index (χ1v) is 4.68. The van der Waals surface area contributed by atoms with Gasteiger partial charge < -0.3 is 5.32 Å². The Hall–Kier alpha value is -1.31. The van der Waals surface area contributed by atoms with Gasteiger partial charge in [-0.3, -0.25) is 0 Å². The lowest BCUT2D eigenvalue weighted by molar-refractivity contribution is -0.157. The summed E-state index contributed by atoms with van der Waals surface area (Å²) in [5.41, 5.74) is -2.41. The fourth-order valence-electron chi connectivity index (χ4n) is 1.46. The molecule has 0 fully saturated rings. The van der Waals surface area contributed by atoms with Crippen LogP contribution in [0.25, 0.3) is 0 Å². The Balaban J connectivity index is 3.28. The molecule has 0 aliphatic heterocycles. The molecule has 102 valence electrons. The summed E-state index contributed by atoms with van der Waals surface area (Å²) in [5, 5.41) is 1.84. The number of halogens is 7. The molecule has 1 aromatic rings. The predicted molar refractivity (Wildman–Crippen MR) is 49.3 cm³/mol. The number of nitrogens with one attached hydrogen (secondary N) is 1. The van der Waals surface area contributed by atoms with Crippen LogP contribution in [0.3, 0.4) is 0 Å². The Bertz CT molecular complexity index is 421. The summed E-state index contributed by atoms with van der Waals surface area (Å²) < 4.78 is 87.5. The van der Waals surface area contributed by atoms with Crippen LogP contribution in [0.1, 0.15) is 17.2 Å². The lowest BCUT2D eigenvalue weighted by atomic mass is 10.0. The third kappa shape index (κ3) is 3.12. The first kappa shape index (κ1) is 14.7. The zero-order chi connectivity index (χ0) is 14.1. The summed E-state index contributed by atoms with van der Waals surface area (Å²) in [7, 11) is 0.953. The van der Waals surface area contributed by atoms with Crippen LogP contribution in [0.5, 0.6) is 0 Å². The normalized spacial score (nSPS) is 14.7. The highest BCUT2D eigenvalue weighted by atomic mass is 19.4. The maximum absolute atomic E-state index is 12.9. The van der Waals surface area contributed by atoms with Gasteiger partial charge in [-0.05, 0) is 24.7 Å². The molecule has 1 atom stereocenters. The van der Waals surface area contributed by atoms with E-state index in [0.29, 0.717) is 12.1 Å². The molecule has 0 aliphatic rings. The van der Waals surface area contributed by atoms with Gasteiger partial charge in [-0.2, -0.15) is 26.3 Å². The Morgan fingerprint density at radius 1 is 1.06 bits per heavy atom. The molecule has 1 unspecified atom stereocenters. The highest BCUT2D eigenvalue weighted by Gasteiger charge is 2.41. The lowest BCUT2D eigenvalue weighted by Crippen LogP contribution is -2.32. The van der Waals surface area contributed by atoms with Crippen molar-refractivity contribution in [3.05, 3.63) is 35.1 Å². The molecule has 8 heteroatoms. The zero-order valence-electron chi connectivity index (χ0n) is 8.96. The summed E-state index contributed by atoms with van der Waals surface area (Å²) in [4.78, 5) is 0. The molecule has 0 saturated heterocycles. The topological polar surface area (TPSA) is 12.0 Å². The minimum absolute atomic E-state index is 0.157. The highest BCUT2D eigenvalue weighted by molar-refractivity contribution is 5.30. The average Bonchev–Trinajstić information content (AvgIpc) is 2.17. The predicted octanol–water partition coefficient (Wildman–Crippen LogP) is 3.67. The van der Waals surface area contributed by atoms with Crippen molar-refractivity contribution in [2.75, 3.05) is 7.05 Å². The second kappa shape index (κ2) is 4.75. The zero-order valence-corrected chi connectivity index (χ0v) is 8.96.